The van der Waals surface area contributed by atoms with E-state index in [2.05, 4.69) is 14.3 Å². The van der Waals surface area contributed by atoms with Gasteiger partial charge in [0, 0.05) is 24.7 Å². The Balaban J connectivity index is 1.75. The molecule has 4 rings (SSSR count). The number of benzene rings is 1. The van der Waals surface area contributed by atoms with Gasteiger partial charge in [0.15, 0.2) is 5.78 Å². The van der Waals surface area contributed by atoms with E-state index in [1.807, 2.05) is 6.07 Å². The third-order valence-corrected chi connectivity index (χ3v) is 10.5. The van der Waals surface area contributed by atoms with Gasteiger partial charge in [-0.2, -0.15) is 5.26 Å². The molecule has 2 aliphatic heterocycles. The molecule has 1 aromatic heterocycles. The first kappa shape index (κ1) is 23.1. The number of nitriles is 1. The molecule has 0 fully saturated rings. The molecule has 172 valence electrons. The zero-order chi connectivity index (χ0) is 24.2. The Bertz CT molecular complexity index is 1370. The highest BCUT2D eigenvalue weighted by Crippen LogP contribution is 2.47. The predicted molar refractivity (Wildman–Crippen MR) is 125 cm³/mol. The molecule has 0 bridgehead atoms. The summed E-state index contributed by atoms with van der Waals surface area (Å²) in [5.74, 6) is -0.548. The Hall–Kier alpha value is -3.12. The summed E-state index contributed by atoms with van der Waals surface area (Å²) in [6.45, 7) is 7.42. The lowest BCUT2D eigenvalue weighted by molar-refractivity contribution is 0.0987. The monoisotopic (exact) mass is 467 g/mol. The van der Waals surface area contributed by atoms with Gasteiger partial charge < -0.3 is 5.73 Å². The number of halogens is 1. The van der Waals surface area contributed by atoms with Crippen molar-refractivity contribution >= 4 is 21.3 Å². The normalized spacial score (nSPS) is 27.8. The molecule has 0 amide bonds. The molecule has 0 saturated carbocycles. The Morgan fingerprint density at radius 2 is 2.06 bits per heavy atom. The van der Waals surface area contributed by atoms with Crippen molar-refractivity contribution in [1.82, 2.24) is 4.98 Å². The van der Waals surface area contributed by atoms with Crippen molar-refractivity contribution in [2.24, 2.45) is 15.1 Å². The number of nitrogens with two attached hydrogens (primary N) is 1. The molecule has 7 nitrogen and oxygen atoms in total. The molecule has 0 unspecified atom stereocenters. The molecule has 33 heavy (non-hydrogen) atoms. The number of hydrogen-bond acceptors (Lipinski definition) is 7. The van der Waals surface area contributed by atoms with Crippen LogP contribution in [0, 0.1) is 24.1 Å². The number of carbonyl (C=O) groups excluding carboxylic acids is 1. The maximum Gasteiger partial charge on any atom is 0.185 e. The molecule has 3 atom stereocenters. The Morgan fingerprint density at radius 1 is 1.33 bits per heavy atom. The van der Waals surface area contributed by atoms with Crippen molar-refractivity contribution in [3.8, 4) is 6.07 Å². The zero-order valence-corrected chi connectivity index (χ0v) is 19.9. The third-order valence-electron chi connectivity index (χ3n) is 6.80. The molecule has 2 aromatic rings. The third kappa shape index (κ3) is 3.44. The van der Waals surface area contributed by atoms with Gasteiger partial charge in [0.05, 0.1) is 20.5 Å². The van der Waals surface area contributed by atoms with Gasteiger partial charge in [0.2, 0.25) is 0 Å². The smallest absolute Gasteiger partial charge is 0.185 e. The fourth-order valence-corrected chi connectivity index (χ4v) is 7.93. The van der Waals surface area contributed by atoms with Gasteiger partial charge >= 0.3 is 0 Å². The van der Waals surface area contributed by atoms with E-state index in [-0.39, 0.29) is 29.3 Å². The van der Waals surface area contributed by atoms with Gasteiger partial charge in [-0.1, -0.05) is 6.07 Å². The highest BCUT2D eigenvalue weighted by molar-refractivity contribution is 7.96. The summed E-state index contributed by atoms with van der Waals surface area (Å²) in [5.41, 5.74) is 7.18. The lowest BCUT2D eigenvalue weighted by Crippen LogP contribution is -2.58. The van der Waals surface area contributed by atoms with Crippen LogP contribution >= 0.6 is 0 Å². The molecule has 9 heteroatoms. The number of fused-ring (bicyclic) bond motifs is 1. The fraction of sp³-hybridized carbons (Fsp3) is 0.417. The number of hydrogen-bond donors (Lipinski definition) is 1. The minimum atomic E-state index is -2.79. The van der Waals surface area contributed by atoms with E-state index in [4.69, 9.17) is 11.0 Å². The summed E-state index contributed by atoms with van der Waals surface area (Å²) < 4.78 is 32.6. The van der Waals surface area contributed by atoms with Crippen molar-refractivity contribution in [1.29, 1.82) is 5.26 Å². The van der Waals surface area contributed by atoms with E-state index in [9.17, 15) is 9.00 Å². The van der Waals surface area contributed by atoms with Crippen molar-refractivity contribution in [2.75, 3.05) is 6.54 Å². The number of aliphatic imine (C=N–C) groups is 1. The molecule has 0 aliphatic carbocycles. The molecule has 1 aromatic carbocycles. The Labute approximate surface area is 193 Å². The zero-order valence-electron chi connectivity index (χ0n) is 19.1. The second kappa shape index (κ2) is 7.73. The summed E-state index contributed by atoms with van der Waals surface area (Å²) in [7, 11) is -2.79. The van der Waals surface area contributed by atoms with E-state index in [1.54, 1.807) is 45.9 Å². The van der Waals surface area contributed by atoms with Crippen LogP contribution in [0.25, 0.3) is 0 Å². The number of nitrogens with zero attached hydrogens (tertiary/aromatic N) is 4. The maximum absolute atomic E-state index is 15.1. The number of amidine groups is 1. The van der Waals surface area contributed by atoms with Crippen molar-refractivity contribution in [2.45, 2.75) is 56.1 Å². The maximum atomic E-state index is 15.1. The highest BCUT2D eigenvalue weighted by Gasteiger charge is 2.56. The van der Waals surface area contributed by atoms with Crippen LogP contribution in [0.2, 0.25) is 0 Å². The molecule has 0 saturated heterocycles. The second-order valence-corrected chi connectivity index (χ2v) is 12.3. The first-order valence-electron chi connectivity index (χ1n) is 10.7. The van der Waals surface area contributed by atoms with Crippen LogP contribution in [0.5, 0.6) is 0 Å². The van der Waals surface area contributed by atoms with Crippen LogP contribution in [-0.2, 0) is 21.7 Å². The number of rotatable bonds is 4. The van der Waals surface area contributed by atoms with Crippen molar-refractivity contribution < 1.29 is 13.4 Å². The highest BCUT2D eigenvalue weighted by atomic mass is 32.2. The first-order chi connectivity index (χ1) is 15.4. The predicted octanol–water partition coefficient (Wildman–Crippen LogP) is 3.43. The van der Waals surface area contributed by atoms with Gasteiger partial charge in [-0.05, 0) is 63.4 Å². The van der Waals surface area contributed by atoms with Crippen LogP contribution < -0.4 is 5.73 Å². The molecular weight excluding hydrogens is 441 g/mol. The molecular formula is C24H26FN5O2S. The van der Waals surface area contributed by atoms with E-state index < -0.39 is 31.1 Å². The number of pyridine rings is 1. The summed E-state index contributed by atoms with van der Waals surface area (Å²) in [6, 6.07) is 8.08. The summed E-state index contributed by atoms with van der Waals surface area (Å²) >= 11 is 0. The molecule has 2 aliphatic rings. The van der Waals surface area contributed by atoms with Gasteiger partial charge in [-0.15, -0.1) is 0 Å². The van der Waals surface area contributed by atoms with Crippen LogP contribution in [0.3, 0.4) is 0 Å². The minimum absolute atomic E-state index is 0.00178. The number of ketones is 1. The van der Waals surface area contributed by atoms with E-state index in [0.29, 0.717) is 29.7 Å². The lowest BCUT2D eigenvalue weighted by atomic mass is 9.84. The average Bonchev–Trinajstić information content (AvgIpc) is 3.18. The fourth-order valence-electron chi connectivity index (χ4n) is 4.77. The Morgan fingerprint density at radius 3 is 2.73 bits per heavy atom. The second-order valence-electron chi connectivity index (χ2n) is 9.27. The SMILES string of the molecule is Cc1cc(C#N)cnc1C(=O)Cc1ccc(F)c([C@@]2(C)N=C(N)C(C)(C)[S@]3(=O)=NCC[C@H]23)c1. The lowest BCUT2D eigenvalue weighted by Gasteiger charge is -2.44. The average molecular weight is 468 g/mol. The van der Waals surface area contributed by atoms with E-state index in [0.717, 1.165) is 0 Å². The summed E-state index contributed by atoms with van der Waals surface area (Å²) in [5, 5.41) is 8.52. The van der Waals surface area contributed by atoms with Crippen molar-refractivity contribution in [3.05, 3.63) is 64.2 Å². The van der Waals surface area contributed by atoms with Gasteiger partial charge in [-0.3, -0.25) is 14.8 Å². The number of carbonyl (C=O) groups is 1. The van der Waals surface area contributed by atoms with Crippen LogP contribution in [-0.4, -0.2) is 37.4 Å². The summed E-state index contributed by atoms with van der Waals surface area (Å²) in [6.07, 6.45) is 1.88. The standard InChI is InChI=1S/C24H26FN5O2S/c1-14-9-16(12-26)13-28-21(14)19(31)11-15-5-6-18(25)17(10-15)24(4)20-7-8-29-33(20,32)23(2,3)22(27)30-24/h5-6,9-10,13,20H,7-8,11H2,1-4H3,(H2,27,30)/t20-,24-,33+/m1/s1. The van der Waals surface area contributed by atoms with Gasteiger partial charge in [0.1, 0.15) is 33.7 Å². The van der Waals surface area contributed by atoms with Crippen LogP contribution in [0.4, 0.5) is 4.39 Å². The number of Topliss-reactive ketones (excluding diaryl/α,β-unsaturated/α-hetero) is 1. The minimum Gasteiger partial charge on any atom is -0.386 e. The van der Waals surface area contributed by atoms with Crippen molar-refractivity contribution in [3.63, 3.8) is 0 Å². The van der Waals surface area contributed by atoms with E-state index in [1.165, 1.54) is 12.3 Å². The van der Waals surface area contributed by atoms with E-state index >= 15 is 4.39 Å². The molecule has 3 heterocycles. The molecule has 0 radical (unpaired) electrons. The number of aryl methyl sites for hydroxylation is 1. The first-order valence-corrected chi connectivity index (χ1v) is 12.3. The van der Waals surface area contributed by atoms with Gasteiger partial charge in [-0.25, -0.2) is 13.0 Å². The Kier molecular flexibility index (Phi) is 5.40. The molecule has 0 spiro atoms. The quantitative estimate of drug-likeness (QED) is 0.691. The largest absolute Gasteiger partial charge is 0.386 e. The topological polar surface area (TPSA) is 122 Å². The van der Waals surface area contributed by atoms with Crippen LogP contribution in [0.15, 0.2) is 39.8 Å². The number of aromatic nitrogens is 1. The molecule has 2 N–H and O–H groups in total. The van der Waals surface area contributed by atoms with Crippen LogP contribution in [0.1, 0.15) is 59.9 Å². The van der Waals surface area contributed by atoms with Gasteiger partial charge in [0.25, 0.3) is 0 Å². The summed E-state index contributed by atoms with van der Waals surface area (Å²) in [4.78, 5) is 21.7.